The monoisotopic (exact) mass is 305 g/mol. The number of thiocarbonyl (C=S) groups is 1. The fourth-order valence-corrected chi connectivity index (χ4v) is 2.17. The fourth-order valence-electron chi connectivity index (χ4n) is 1.79. The van der Waals surface area contributed by atoms with Crippen LogP contribution in [0.4, 0.5) is 5.82 Å². The van der Waals surface area contributed by atoms with E-state index in [0.717, 1.165) is 5.69 Å². The van der Waals surface area contributed by atoms with Crippen molar-refractivity contribution in [3.8, 4) is 0 Å². The number of pyridine rings is 1. The first-order chi connectivity index (χ1) is 9.56. The number of nitrogens with zero attached hydrogens (tertiary/aromatic N) is 1. The molecule has 1 aromatic carbocycles. The first kappa shape index (κ1) is 14.8. The average molecular weight is 306 g/mol. The van der Waals surface area contributed by atoms with Gasteiger partial charge in [-0.25, -0.2) is 4.98 Å². The lowest BCUT2D eigenvalue weighted by molar-refractivity contribution is 0.722. The topological polar surface area (TPSA) is 37.0 Å². The van der Waals surface area contributed by atoms with Crippen LogP contribution in [0.15, 0.2) is 42.5 Å². The largest absolute Gasteiger partial charge is 0.356 e. The third-order valence-electron chi connectivity index (χ3n) is 2.91. The van der Waals surface area contributed by atoms with Crippen molar-refractivity contribution in [2.45, 2.75) is 19.9 Å². The zero-order chi connectivity index (χ0) is 14.5. The Labute approximate surface area is 129 Å². The number of hydrogen-bond donors (Lipinski definition) is 2. The zero-order valence-electron chi connectivity index (χ0n) is 11.4. The summed E-state index contributed by atoms with van der Waals surface area (Å²) in [5.41, 5.74) is 1.95. The molecule has 0 saturated heterocycles. The summed E-state index contributed by atoms with van der Waals surface area (Å²) in [6, 6.07) is 13.9. The van der Waals surface area contributed by atoms with Gasteiger partial charge >= 0.3 is 0 Å². The Balaban J connectivity index is 1.97. The summed E-state index contributed by atoms with van der Waals surface area (Å²) in [4.78, 5) is 4.32. The smallest absolute Gasteiger partial charge is 0.172 e. The maximum atomic E-state index is 5.94. The first-order valence-electron chi connectivity index (χ1n) is 6.32. The van der Waals surface area contributed by atoms with Crippen LogP contribution in [0.2, 0.25) is 5.02 Å². The maximum absolute atomic E-state index is 5.94. The van der Waals surface area contributed by atoms with Crippen molar-refractivity contribution in [3.63, 3.8) is 0 Å². The van der Waals surface area contributed by atoms with Crippen molar-refractivity contribution in [1.29, 1.82) is 0 Å². The van der Waals surface area contributed by atoms with E-state index in [-0.39, 0.29) is 6.04 Å². The van der Waals surface area contributed by atoms with Gasteiger partial charge in [0, 0.05) is 0 Å². The van der Waals surface area contributed by atoms with Crippen LogP contribution in [-0.4, -0.2) is 10.1 Å². The minimum Gasteiger partial charge on any atom is -0.356 e. The molecule has 104 valence electrons. The van der Waals surface area contributed by atoms with Crippen LogP contribution >= 0.6 is 23.8 Å². The van der Waals surface area contributed by atoms with Crippen molar-refractivity contribution < 1.29 is 0 Å². The van der Waals surface area contributed by atoms with Crippen molar-refractivity contribution in [2.75, 3.05) is 5.32 Å². The van der Waals surface area contributed by atoms with E-state index in [0.29, 0.717) is 16.0 Å². The minimum absolute atomic E-state index is 0.129. The Morgan fingerprint density at radius 2 is 1.90 bits per heavy atom. The number of anilines is 1. The van der Waals surface area contributed by atoms with Gasteiger partial charge < -0.3 is 10.6 Å². The number of aromatic nitrogens is 1. The second-order valence-electron chi connectivity index (χ2n) is 4.49. The van der Waals surface area contributed by atoms with Gasteiger partial charge in [0.25, 0.3) is 0 Å². The van der Waals surface area contributed by atoms with Crippen molar-refractivity contribution in [3.05, 3.63) is 58.7 Å². The van der Waals surface area contributed by atoms with Gasteiger partial charge in [-0.05, 0) is 43.8 Å². The number of halogens is 1. The second kappa shape index (κ2) is 6.68. The van der Waals surface area contributed by atoms with Gasteiger partial charge in [-0.2, -0.15) is 0 Å². The van der Waals surface area contributed by atoms with Crippen LogP contribution in [-0.2, 0) is 0 Å². The molecule has 2 rings (SSSR count). The van der Waals surface area contributed by atoms with Crippen molar-refractivity contribution >= 4 is 34.7 Å². The molecule has 0 aliphatic carbocycles. The van der Waals surface area contributed by atoms with Gasteiger partial charge in [0.15, 0.2) is 5.11 Å². The SMILES string of the molecule is Cc1nc(NC(=S)N[C@H](C)c2ccccc2)ccc1Cl. The third-order valence-corrected chi connectivity index (χ3v) is 3.53. The normalized spacial score (nSPS) is 11.8. The molecule has 0 radical (unpaired) electrons. The molecule has 2 N–H and O–H groups in total. The minimum atomic E-state index is 0.129. The molecule has 0 bridgehead atoms. The van der Waals surface area contributed by atoms with Crippen molar-refractivity contribution in [1.82, 2.24) is 10.3 Å². The standard InChI is InChI=1S/C15H16ClN3S/c1-10(12-6-4-3-5-7-12)18-15(20)19-14-9-8-13(16)11(2)17-14/h3-10H,1-2H3,(H2,17,18,19,20)/t10-/m1/s1. The van der Waals surface area contributed by atoms with E-state index in [1.807, 2.05) is 25.1 Å². The molecule has 0 saturated carbocycles. The van der Waals surface area contributed by atoms with E-state index >= 15 is 0 Å². The molecule has 3 nitrogen and oxygen atoms in total. The van der Waals surface area contributed by atoms with Crippen LogP contribution < -0.4 is 10.6 Å². The molecular weight excluding hydrogens is 290 g/mol. The quantitative estimate of drug-likeness (QED) is 0.838. The van der Waals surface area contributed by atoms with Crippen molar-refractivity contribution in [2.24, 2.45) is 0 Å². The van der Waals surface area contributed by atoms with E-state index in [1.54, 1.807) is 12.1 Å². The van der Waals surface area contributed by atoms with Gasteiger partial charge in [0.05, 0.1) is 16.8 Å². The fraction of sp³-hybridized carbons (Fsp3) is 0.200. The number of benzene rings is 1. The van der Waals surface area contributed by atoms with Gasteiger partial charge in [-0.15, -0.1) is 0 Å². The van der Waals surface area contributed by atoms with Gasteiger partial charge in [-0.1, -0.05) is 41.9 Å². The van der Waals surface area contributed by atoms with Gasteiger partial charge in [0.1, 0.15) is 5.82 Å². The second-order valence-corrected chi connectivity index (χ2v) is 5.31. The highest BCUT2D eigenvalue weighted by Gasteiger charge is 2.07. The molecule has 1 aromatic heterocycles. The molecule has 0 amide bonds. The highest BCUT2D eigenvalue weighted by atomic mass is 35.5. The molecule has 5 heteroatoms. The number of hydrogen-bond acceptors (Lipinski definition) is 2. The maximum Gasteiger partial charge on any atom is 0.172 e. The van der Waals surface area contributed by atoms with Crippen LogP contribution in [0.3, 0.4) is 0 Å². The number of nitrogens with one attached hydrogen (secondary N) is 2. The lowest BCUT2D eigenvalue weighted by atomic mass is 10.1. The summed E-state index contributed by atoms with van der Waals surface area (Å²) >= 11 is 11.2. The molecule has 0 aliphatic heterocycles. The molecule has 1 atom stereocenters. The lowest BCUT2D eigenvalue weighted by Gasteiger charge is -2.17. The Bertz CT molecular complexity index is 601. The Kier molecular flexibility index (Phi) is 4.93. The number of rotatable bonds is 3. The highest BCUT2D eigenvalue weighted by molar-refractivity contribution is 7.80. The van der Waals surface area contributed by atoms with Crippen LogP contribution in [0, 0.1) is 6.92 Å². The zero-order valence-corrected chi connectivity index (χ0v) is 12.9. The number of aryl methyl sites for hydroxylation is 1. The molecule has 2 aromatic rings. The molecule has 0 spiro atoms. The third kappa shape index (κ3) is 3.92. The van der Waals surface area contributed by atoms with E-state index in [4.69, 9.17) is 23.8 Å². The predicted octanol–water partition coefficient (Wildman–Crippen LogP) is 4.09. The predicted molar refractivity (Wildman–Crippen MR) is 88.2 cm³/mol. The van der Waals surface area contributed by atoms with Gasteiger partial charge in [-0.3, -0.25) is 0 Å². The molecule has 1 heterocycles. The van der Waals surface area contributed by atoms with E-state index in [1.165, 1.54) is 5.56 Å². The average Bonchev–Trinajstić information content (AvgIpc) is 2.44. The summed E-state index contributed by atoms with van der Waals surface area (Å²) in [6.07, 6.45) is 0. The Hall–Kier alpha value is -1.65. The Morgan fingerprint density at radius 3 is 2.55 bits per heavy atom. The Morgan fingerprint density at radius 1 is 1.20 bits per heavy atom. The van der Waals surface area contributed by atoms with E-state index in [9.17, 15) is 0 Å². The van der Waals surface area contributed by atoms with Crippen LogP contribution in [0.25, 0.3) is 0 Å². The lowest BCUT2D eigenvalue weighted by Crippen LogP contribution is -2.31. The highest BCUT2D eigenvalue weighted by Crippen LogP contribution is 2.16. The molecule has 20 heavy (non-hydrogen) atoms. The summed E-state index contributed by atoms with van der Waals surface area (Å²) in [7, 11) is 0. The summed E-state index contributed by atoms with van der Waals surface area (Å²) < 4.78 is 0. The summed E-state index contributed by atoms with van der Waals surface area (Å²) in [6.45, 7) is 3.92. The van der Waals surface area contributed by atoms with Gasteiger partial charge in [0.2, 0.25) is 0 Å². The molecular formula is C15H16ClN3S. The molecule has 0 aliphatic rings. The summed E-state index contributed by atoms with van der Waals surface area (Å²) in [5.74, 6) is 0.685. The molecule has 0 unspecified atom stereocenters. The van der Waals surface area contributed by atoms with E-state index < -0.39 is 0 Å². The van der Waals surface area contributed by atoms with E-state index in [2.05, 4.69) is 34.7 Å². The summed E-state index contributed by atoms with van der Waals surface area (Å²) in [5, 5.41) is 7.47. The molecule has 0 fully saturated rings. The van der Waals surface area contributed by atoms with Crippen LogP contribution in [0.5, 0.6) is 0 Å². The van der Waals surface area contributed by atoms with Crippen LogP contribution in [0.1, 0.15) is 24.2 Å². The first-order valence-corrected chi connectivity index (χ1v) is 7.10.